The van der Waals surface area contributed by atoms with Gasteiger partial charge in [0.15, 0.2) is 0 Å². The molecule has 0 fully saturated rings. The molecule has 0 bridgehead atoms. The highest BCUT2D eigenvalue weighted by molar-refractivity contribution is 5.77. The lowest BCUT2D eigenvalue weighted by Crippen LogP contribution is -2.46. The Hall–Kier alpha value is -1.40. The zero-order valence-electron chi connectivity index (χ0n) is 34.3. The van der Waals surface area contributed by atoms with Crippen molar-refractivity contribution in [1.29, 1.82) is 0 Å². The summed E-state index contributed by atoms with van der Waals surface area (Å²) < 4.78 is 5.86. The number of aliphatic hydroxyl groups excluding tert-OH is 2. The lowest BCUT2D eigenvalue weighted by Gasteiger charge is -2.24. The molecule has 302 valence electrons. The Balaban J connectivity index is 4.45. The van der Waals surface area contributed by atoms with Crippen LogP contribution in [-0.4, -0.2) is 46.9 Å². The predicted octanol–water partition coefficient (Wildman–Crippen LogP) is 12.6. The van der Waals surface area contributed by atoms with Crippen molar-refractivity contribution in [1.82, 2.24) is 5.32 Å². The second-order valence-corrected chi connectivity index (χ2v) is 15.5. The predicted molar refractivity (Wildman–Crippen MR) is 218 cm³/mol. The molecule has 0 radical (unpaired) electrons. The van der Waals surface area contributed by atoms with Crippen molar-refractivity contribution < 1.29 is 24.5 Å². The molecule has 0 aromatic carbocycles. The van der Waals surface area contributed by atoms with Gasteiger partial charge in [-0.2, -0.15) is 0 Å². The second kappa shape index (κ2) is 39.8. The van der Waals surface area contributed by atoms with Gasteiger partial charge in [-0.1, -0.05) is 187 Å². The lowest BCUT2D eigenvalue weighted by atomic mass is 10.0. The largest absolute Gasteiger partial charge is 0.462 e. The third kappa shape index (κ3) is 35.4. The first-order valence-corrected chi connectivity index (χ1v) is 22.4. The summed E-state index contributed by atoms with van der Waals surface area (Å²) in [6.07, 6.45) is 41.4. The normalized spacial score (nSPS) is 13.4. The Labute approximate surface area is 317 Å². The number of carbonyl (C=O) groups is 2. The molecule has 0 aromatic heterocycles. The molecule has 6 heteroatoms. The SMILES string of the molecule is CCCCCCCCC/C=C\CCCCCC(=O)OC(CCCCCCCCC)CC(=O)NC(CO)C(O)CCCCCCCCCCCCC. The van der Waals surface area contributed by atoms with Crippen LogP contribution in [0.1, 0.15) is 239 Å². The number of ether oxygens (including phenoxy) is 1. The molecule has 0 aliphatic heterocycles. The van der Waals surface area contributed by atoms with Crippen LogP contribution in [0.4, 0.5) is 0 Å². The van der Waals surface area contributed by atoms with Gasteiger partial charge in [0.2, 0.25) is 5.91 Å². The first-order valence-electron chi connectivity index (χ1n) is 22.4. The number of allylic oxidation sites excluding steroid dienone is 2. The third-order valence-corrected chi connectivity index (χ3v) is 10.3. The Morgan fingerprint density at radius 1 is 0.549 bits per heavy atom. The van der Waals surface area contributed by atoms with E-state index in [2.05, 4.69) is 38.2 Å². The molecule has 0 aliphatic carbocycles. The molecule has 0 saturated heterocycles. The van der Waals surface area contributed by atoms with Gasteiger partial charge in [-0.3, -0.25) is 9.59 Å². The minimum Gasteiger partial charge on any atom is -0.462 e. The summed E-state index contributed by atoms with van der Waals surface area (Å²) >= 11 is 0. The summed E-state index contributed by atoms with van der Waals surface area (Å²) in [5.74, 6) is -0.489. The van der Waals surface area contributed by atoms with Crippen LogP contribution in [0.2, 0.25) is 0 Å². The summed E-state index contributed by atoms with van der Waals surface area (Å²) in [5, 5.41) is 23.5. The summed E-state index contributed by atoms with van der Waals surface area (Å²) in [6.45, 7) is 6.43. The average molecular weight is 722 g/mol. The van der Waals surface area contributed by atoms with Crippen LogP contribution in [-0.2, 0) is 14.3 Å². The maximum Gasteiger partial charge on any atom is 0.306 e. The van der Waals surface area contributed by atoms with E-state index < -0.39 is 18.2 Å². The van der Waals surface area contributed by atoms with Crippen LogP contribution in [0.3, 0.4) is 0 Å². The van der Waals surface area contributed by atoms with E-state index in [1.54, 1.807) is 0 Å². The number of unbranched alkanes of at least 4 members (excludes halogenated alkanes) is 26. The fraction of sp³-hybridized carbons (Fsp3) is 0.911. The van der Waals surface area contributed by atoms with E-state index in [-0.39, 0.29) is 24.9 Å². The van der Waals surface area contributed by atoms with E-state index in [0.717, 1.165) is 57.8 Å². The van der Waals surface area contributed by atoms with Crippen LogP contribution >= 0.6 is 0 Å². The quantitative estimate of drug-likeness (QED) is 0.0332. The smallest absolute Gasteiger partial charge is 0.306 e. The molecule has 0 aromatic rings. The number of nitrogens with one attached hydrogen (secondary N) is 1. The molecule has 0 rings (SSSR count). The average Bonchev–Trinajstić information content (AvgIpc) is 3.12. The van der Waals surface area contributed by atoms with E-state index in [1.165, 1.54) is 135 Å². The molecule has 3 atom stereocenters. The van der Waals surface area contributed by atoms with Gasteiger partial charge in [-0.15, -0.1) is 0 Å². The molecule has 1 amide bonds. The fourth-order valence-electron chi connectivity index (χ4n) is 6.89. The highest BCUT2D eigenvalue weighted by Gasteiger charge is 2.24. The van der Waals surface area contributed by atoms with Crippen LogP contribution in [0.25, 0.3) is 0 Å². The van der Waals surface area contributed by atoms with Crippen LogP contribution < -0.4 is 5.32 Å². The van der Waals surface area contributed by atoms with Crippen molar-refractivity contribution in [2.45, 2.75) is 257 Å². The molecule has 3 unspecified atom stereocenters. The van der Waals surface area contributed by atoms with Gasteiger partial charge >= 0.3 is 5.97 Å². The van der Waals surface area contributed by atoms with E-state index in [4.69, 9.17) is 4.74 Å². The number of esters is 1. The monoisotopic (exact) mass is 722 g/mol. The van der Waals surface area contributed by atoms with Gasteiger partial charge in [0, 0.05) is 6.42 Å². The van der Waals surface area contributed by atoms with Crippen molar-refractivity contribution in [3.63, 3.8) is 0 Å². The maximum absolute atomic E-state index is 13.0. The Morgan fingerprint density at radius 2 is 0.941 bits per heavy atom. The van der Waals surface area contributed by atoms with Gasteiger partial charge in [0.1, 0.15) is 6.10 Å². The summed E-state index contributed by atoms with van der Waals surface area (Å²) in [7, 11) is 0. The zero-order chi connectivity index (χ0) is 37.5. The number of aliphatic hydroxyl groups is 2. The number of amides is 1. The first kappa shape index (κ1) is 49.6. The van der Waals surface area contributed by atoms with Crippen molar-refractivity contribution in [3.05, 3.63) is 12.2 Å². The first-order chi connectivity index (χ1) is 25.0. The minimum absolute atomic E-state index is 0.0762. The summed E-state index contributed by atoms with van der Waals surface area (Å²) in [4.78, 5) is 25.8. The van der Waals surface area contributed by atoms with E-state index in [9.17, 15) is 19.8 Å². The van der Waals surface area contributed by atoms with Crippen LogP contribution in [0.15, 0.2) is 12.2 Å². The van der Waals surface area contributed by atoms with Gasteiger partial charge in [0.25, 0.3) is 0 Å². The zero-order valence-corrected chi connectivity index (χ0v) is 34.3. The summed E-state index contributed by atoms with van der Waals surface area (Å²) in [5.41, 5.74) is 0. The molecule has 0 spiro atoms. The number of hydrogen-bond donors (Lipinski definition) is 3. The molecular weight excluding hydrogens is 634 g/mol. The van der Waals surface area contributed by atoms with Crippen LogP contribution in [0.5, 0.6) is 0 Å². The highest BCUT2D eigenvalue weighted by atomic mass is 16.5. The van der Waals surface area contributed by atoms with Crippen molar-refractivity contribution in [2.75, 3.05) is 6.61 Å². The maximum atomic E-state index is 13.0. The lowest BCUT2D eigenvalue weighted by molar-refractivity contribution is -0.151. The molecule has 3 N–H and O–H groups in total. The third-order valence-electron chi connectivity index (χ3n) is 10.3. The van der Waals surface area contributed by atoms with Gasteiger partial charge < -0.3 is 20.3 Å². The number of rotatable bonds is 40. The van der Waals surface area contributed by atoms with Crippen molar-refractivity contribution in [3.8, 4) is 0 Å². The topological polar surface area (TPSA) is 95.9 Å². The fourth-order valence-corrected chi connectivity index (χ4v) is 6.89. The van der Waals surface area contributed by atoms with E-state index in [0.29, 0.717) is 19.3 Å². The van der Waals surface area contributed by atoms with Gasteiger partial charge in [-0.05, 0) is 51.4 Å². The molecule has 6 nitrogen and oxygen atoms in total. The molecule has 0 heterocycles. The van der Waals surface area contributed by atoms with Crippen molar-refractivity contribution >= 4 is 11.9 Å². The number of carbonyl (C=O) groups excluding carboxylic acids is 2. The second-order valence-electron chi connectivity index (χ2n) is 15.5. The summed E-state index contributed by atoms with van der Waals surface area (Å²) in [6, 6.07) is -0.694. The Bertz CT molecular complexity index is 772. The highest BCUT2D eigenvalue weighted by Crippen LogP contribution is 2.17. The standard InChI is InChI=1S/C45H87NO5/c1-4-7-10-13-16-18-20-21-22-24-26-29-32-35-38-45(50)51-41(36-33-30-27-15-12-9-6-3)39-44(49)46-42(40-47)43(48)37-34-31-28-25-23-19-17-14-11-8-5-2/h22,24,41-43,47-48H,4-21,23,25-40H2,1-3H3,(H,46,49)/b24-22-. The molecule has 0 aliphatic rings. The van der Waals surface area contributed by atoms with Gasteiger partial charge in [-0.25, -0.2) is 0 Å². The molecule has 51 heavy (non-hydrogen) atoms. The van der Waals surface area contributed by atoms with Crippen LogP contribution in [0, 0.1) is 0 Å². The Kier molecular flexibility index (Phi) is 38.7. The molecular formula is C45H87NO5. The number of hydrogen-bond acceptors (Lipinski definition) is 5. The Morgan fingerprint density at radius 3 is 1.39 bits per heavy atom. The molecule has 0 saturated carbocycles. The van der Waals surface area contributed by atoms with E-state index >= 15 is 0 Å². The van der Waals surface area contributed by atoms with E-state index in [1.807, 2.05) is 0 Å². The minimum atomic E-state index is -0.781. The van der Waals surface area contributed by atoms with Crippen molar-refractivity contribution in [2.24, 2.45) is 0 Å². The van der Waals surface area contributed by atoms with Gasteiger partial charge in [0.05, 0.1) is 25.2 Å².